The van der Waals surface area contributed by atoms with E-state index in [0.717, 1.165) is 34.3 Å². The summed E-state index contributed by atoms with van der Waals surface area (Å²) in [7, 11) is 3.06. The highest BCUT2D eigenvalue weighted by Gasteiger charge is 2.32. The number of amides is 1. The van der Waals surface area contributed by atoms with Gasteiger partial charge in [-0.05, 0) is 79.8 Å². The Balaban J connectivity index is 1.26. The van der Waals surface area contributed by atoms with Gasteiger partial charge in [0.05, 0.1) is 31.2 Å². The fraction of sp³-hybridized carbons (Fsp3) is 0.344. The molecule has 5 rings (SSSR count). The third kappa shape index (κ3) is 6.52. The van der Waals surface area contributed by atoms with Gasteiger partial charge in [0.15, 0.2) is 5.58 Å². The monoisotopic (exact) mass is 557 g/mol. The molecule has 1 aliphatic rings. The van der Waals surface area contributed by atoms with E-state index in [1.807, 2.05) is 67.3 Å². The van der Waals surface area contributed by atoms with Crippen LogP contribution < -0.4 is 10.1 Å². The van der Waals surface area contributed by atoms with Crippen LogP contribution in [0.3, 0.4) is 0 Å². The number of ether oxygens (including phenoxy) is 3. The zero-order chi connectivity index (χ0) is 28.9. The van der Waals surface area contributed by atoms with Gasteiger partial charge < -0.3 is 28.8 Å². The van der Waals surface area contributed by atoms with Crippen LogP contribution in [-0.4, -0.2) is 61.3 Å². The summed E-state index contributed by atoms with van der Waals surface area (Å²) in [6, 6.07) is 19.1. The number of fused-ring (bicyclic) bond motifs is 1. The summed E-state index contributed by atoms with van der Waals surface area (Å²) in [6.45, 7) is 4.76. The molecule has 1 aromatic heterocycles. The zero-order valence-electron chi connectivity index (χ0n) is 23.8. The highest BCUT2D eigenvalue weighted by atomic mass is 16.5. The van der Waals surface area contributed by atoms with Crippen molar-refractivity contribution in [3.05, 3.63) is 82.9 Å². The number of rotatable bonds is 9. The van der Waals surface area contributed by atoms with E-state index >= 15 is 0 Å². The first-order chi connectivity index (χ1) is 19.8. The van der Waals surface area contributed by atoms with E-state index < -0.39 is 0 Å². The summed E-state index contributed by atoms with van der Waals surface area (Å²) in [5.74, 6) is 0.263. The minimum Gasteiger partial charge on any atom is -0.491 e. The van der Waals surface area contributed by atoms with Gasteiger partial charge in [-0.25, -0.2) is 4.79 Å². The van der Waals surface area contributed by atoms with Gasteiger partial charge in [0.2, 0.25) is 5.91 Å². The van der Waals surface area contributed by atoms with E-state index in [0.29, 0.717) is 42.5 Å². The number of methoxy groups -OCH3 is 2. The number of carbonyl (C=O) groups excluding carboxylic acids is 2. The van der Waals surface area contributed by atoms with Crippen molar-refractivity contribution in [1.82, 2.24) is 9.88 Å². The fourth-order valence-corrected chi connectivity index (χ4v) is 5.21. The molecule has 9 nitrogen and oxygen atoms in total. The highest BCUT2D eigenvalue weighted by Crippen LogP contribution is 2.27. The number of carbonyl (C=O) groups is 2. The molecule has 1 fully saturated rings. The summed E-state index contributed by atoms with van der Waals surface area (Å²) in [5, 5.41) is 3.23. The lowest BCUT2D eigenvalue weighted by atomic mass is 9.98. The summed E-state index contributed by atoms with van der Waals surface area (Å²) in [5.41, 5.74) is 5.47. The number of nitrogens with zero attached hydrogens (tertiary/aromatic N) is 2. The first-order valence-corrected chi connectivity index (χ1v) is 13.7. The van der Waals surface area contributed by atoms with Crippen LogP contribution in [0.5, 0.6) is 5.75 Å². The van der Waals surface area contributed by atoms with Crippen molar-refractivity contribution in [3.8, 4) is 5.75 Å². The Morgan fingerprint density at radius 2 is 1.88 bits per heavy atom. The van der Waals surface area contributed by atoms with Crippen LogP contribution >= 0.6 is 0 Å². The van der Waals surface area contributed by atoms with E-state index in [2.05, 4.69) is 10.3 Å². The Morgan fingerprint density at radius 3 is 2.63 bits per heavy atom. The standard InChI is InChI=1S/C32H35N3O6/c1-20-7-5-6-8-27(20)33-32-34-28-12-9-22(16-29(28)41-32)17-30(36)35-14-13-24(38-3)18-23(35)19-40-25-10-11-26(21(2)15-25)31(37)39-4/h5-12,15-16,23-24H,13-14,17-19H2,1-4H3,(H,33,34)/t23?,24-/m0/s1. The normalized spacial score (nSPS) is 16.9. The maximum Gasteiger partial charge on any atom is 0.338 e. The quantitative estimate of drug-likeness (QED) is 0.265. The number of piperidine rings is 1. The number of aromatic nitrogens is 1. The molecule has 1 aliphatic heterocycles. The summed E-state index contributed by atoms with van der Waals surface area (Å²) >= 11 is 0. The summed E-state index contributed by atoms with van der Waals surface area (Å²) < 4.78 is 22.5. The molecule has 0 saturated carbocycles. The van der Waals surface area contributed by atoms with Crippen molar-refractivity contribution in [2.75, 3.05) is 32.7 Å². The second-order valence-corrected chi connectivity index (χ2v) is 10.3. The van der Waals surface area contributed by atoms with Gasteiger partial charge >= 0.3 is 5.97 Å². The molecule has 3 aromatic carbocycles. The molecule has 0 spiro atoms. The van der Waals surface area contributed by atoms with Crippen LogP contribution in [0.15, 0.2) is 65.1 Å². The van der Waals surface area contributed by atoms with E-state index in [1.54, 1.807) is 19.2 Å². The van der Waals surface area contributed by atoms with Crippen molar-refractivity contribution in [1.29, 1.82) is 0 Å². The lowest BCUT2D eigenvalue weighted by molar-refractivity contribution is -0.137. The molecule has 9 heteroatoms. The third-order valence-electron chi connectivity index (χ3n) is 7.56. The first-order valence-electron chi connectivity index (χ1n) is 13.7. The molecule has 1 amide bonds. The van der Waals surface area contributed by atoms with Gasteiger partial charge in [-0.1, -0.05) is 24.3 Å². The number of benzene rings is 3. The Labute approximate surface area is 239 Å². The maximum absolute atomic E-state index is 13.5. The van der Waals surface area contributed by atoms with Crippen molar-refractivity contribution < 1.29 is 28.2 Å². The maximum atomic E-state index is 13.5. The minimum atomic E-state index is -0.386. The molecule has 2 heterocycles. The lowest BCUT2D eigenvalue weighted by Crippen LogP contribution is -2.51. The molecule has 0 aliphatic carbocycles. The van der Waals surface area contributed by atoms with Crippen LogP contribution in [0.4, 0.5) is 11.7 Å². The molecular formula is C32H35N3O6. The number of nitrogens with one attached hydrogen (secondary N) is 1. The Kier molecular flexibility index (Phi) is 8.54. The highest BCUT2D eigenvalue weighted by molar-refractivity contribution is 5.91. The smallest absolute Gasteiger partial charge is 0.338 e. The Morgan fingerprint density at radius 1 is 1.05 bits per heavy atom. The third-order valence-corrected chi connectivity index (χ3v) is 7.56. The van der Waals surface area contributed by atoms with Gasteiger partial charge in [-0.2, -0.15) is 4.98 Å². The van der Waals surface area contributed by atoms with Gasteiger partial charge in [-0.3, -0.25) is 4.79 Å². The number of aryl methyl sites for hydroxylation is 2. The van der Waals surface area contributed by atoms with Crippen LogP contribution in [0.25, 0.3) is 11.1 Å². The number of hydrogen-bond acceptors (Lipinski definition) is 8. The molecule has 2 atom stereocenters. The molecule has 1 saturated heterocycles. The van der Waals surface area contributed by atoms with E-state index in [4.69, 9.17) is 18.6 Å². The number of para-hydroxylation sites is 1. The van der Waals surface area contributed by atoms with Crippen molar-refractivity contribution in [2.24, 2.45) is 0 Å². The molecule has 0 radical (unpaired) electrons. The number of oxazole rings is 1. The number of anilines is 2. The first kappa shape index (κ1) is 28.2. The fourth-order valence-electron chi connectivity index (χ4n) is 5.21. The van der Waals surface area contributed by atoms with Crippen LogP contribution in [0.2, 0.25) is 0 Å². The SMILES string of the molecule is COC(=O)c1ccc(OCC2C[C@@H](OC)CCN2C(=O)Cc2ccc3nc(Nc4ccccc4C)oc3c2)cc1C. The Hall–Kier alpha value is -4.37. The molecule has 41 heavy (non-hydrogen) atoms. The Bertz CT molecular complexity index is 1550. The van der Waals surface area contributed by atoms with E-state index in [-0.39, 0.29) is 30.4 Å². The van der Waals surface area contributed by atoms with Gasteiger partial charge in [0, 0.05) is 19.3 Å². The molecule has 1 unspecified atom stereocenters. The average molecular weight is 558 g/mol. The second kappa shape index (κ2) is 12.4. The van der Waals surface area contributed by atoms with Crippen LogP contribution in [-0.2, 0) is 20.7 Å². The average Bonchev–Trinajstić information content (AvgIpc) is 3.38. The van der Waals surface area contributed by atoms with Crippen LogP contribution in [0.1, 0.15) is 39.9 Å². The second-order valence-electron chi connectivity index (χ2n) is 10.3. The number of hydrogen-bond donors (Lipinski definition) is 1. The topological polar surface area (TPSA) is 103 Å². The molecule has 214 valence electrons. The van der Waals surface area contributed by atoms with Crippen molar-refractivity contribution in [3.63, 3.8) is 0 Å². The molecule has 4 aromatic rings. The van der Waals surface area contributed by atoms with Crippen LogP contribution in [0, 0.1) is 13.8 Å². The van der Waals surface area contributed by atoms with Crippen molar-refractivity contribution >= 4 is 34.7 Å². The number of esters is 1. The molecule has 0 bridgehead atoms. The molecule has 1 N–H and O–H groups in total. The van der Waals surface area contributed by atoms with E-state index in [9.17, 15) is 9.59 Å². The van der Waals surface area contributed by atoms with Gasteiger partial charge in [0.1, 0.15) is 17.9 Å². The molecular weight excluding hydrogens is 522 g/mol. The lowest BCUT2D eigenvalue weighted by Gasteiger charge is -2.39. The summed E-state index contributed by atoms with van der Waals surface area (Å²) in [4.78, 5) is 31.9. The van der Waals surface area contributed by atoms with E-state index in [1.165, 1.54) is 7.11 Å². The summed E-state index contributed by atoms with van der Waals surface area (Å²) in [6.07, 6.45) is 1.73. The van der Waals surface area contributed by atoms with Crippen molar-refractivity contribution in [2.45, 2.75) is 45.3 Å². The van der Waals surface area contributed by atoms with Gasteiger partial charge in [0.25, 0.3) is 6.01 Å². The predicted octanol–water partition coefficient (Wildman–Crippen LogP) is 5.60. The minimum absolute atomic E-state index is 0.0162. The zero-order valence-corrected chi connectivity index (χ0v) is 23.8. The number of likely N-dealkylation sites (tertiary alicyclic amines) is 1. The predicted molar refractivity (Wildman–Crippen MR) is 156 cm³/mol. The van der Waals surface area contributed by atoms with Gasteiger partial charge in [-0.15, -0.1) is 0 Å². The largest absolute Gasteiger partial charge is 0.491 e.